The number of nitrogens with zero attached hydrogens (tertiary/aromatic N) is 1. The Balaban J connectivity index is 2.77. The molecule has 4 nitrogen and oxygen atoms in total. The second-order valence-electron chi connectivity index (χ2n) is 3.08. The van der Waals surface area contributed by atoms with Crippen molar-refractivity contribution in [2.45, 2.75) is 26.3 Å². The van der Waals surface area contributed by atoms with Crippen LogP contribution in [0.25, 0.3) is 0 Å². The smallest absolute Gasteiger partial charge is 0.326 e. The number of aliphatic carboxylic acids is 1. The van der Waals surface area contributed by atoms with Crippen molar-refractivity contribution in [2.24, 2.45) is 0 Å². The van der Waals surface area contributed by atoms with Crippen molar-refractivity contribution in [1.82, 2.24) is 4.98 Å². The molecule has 14 heavy (non-hydrogen) atoms. The summed E-state index contributed by atoms with van der Waals surface area (Å²) >= 11 is 0. The van der Waals surface area contributed by atoms with E-state index in [1.807, 2.05) is 19.9 Å². The van der Waals surface area contributed by atoms with Crippen LogP contribution in [0.3, 0.4) is 0 Å². The van der Waals surface area contributed by atoms with Gasteiger partial charge in [-0.05, 0) is 25.5 Å². The molecule has 0 saturated heterocycles. The Labute approximate surface area is 83.0 Å². The fourth-order valence-electron chi connectivity index (χ4n) is 1.16. The zero-order chi connectivity index (χ0) is 10.6. The van der Waals surface area contributed by atoms with Crippen molar-refractivity contribution < 1.29 is 9.90 Å². The third-order valence-electron chi connectivity index (χ3n) is 2.04. The molecule has 0 spiro atoms. The number of anilines is 1. The number of carbonyl (C=O) groups is 1. The molecule has 0 aliphatic carbocycles. The summed E-state index contributed by atoms with van der Waals surface area (Å²) < 4.78 is 0. The Morgan fingerprint density at radius 3 is 2.93 bits per heavy atom. The monoisotopic (exact) mass is 194 g/mol. The van der Waals surface area contributed by atoms with Gasteiger partial charge in [-0.2, -0.15) is 0 Å². The van der Waals surface area contributed by atoms with Gasteiger partial charge in [0.15, 0.2) is 0 Å². The van der Waals surface area contributed by atoms with E-state index in [0.717, 1.165) is 11.4 Å². The van der Waals surface area contributed by atoms with Crippen LogP contribution in [0.5, 0.6) is 0 Å². The topological polar surface area (TPSA) is 62.2 Å². The first kappa shape index (κ1) is 10.5. The average molecular weight is 194 g/mol. The molecule has 0 amide bonds. The fourth-order valence-corrected chi connectivity index (χ4v) is 1.16. The van der Waals surface area contributed by atoms with Gasteiger partial charge in [-0.1, -0.05) is 6.92 Å². The van der Waals surface area contributed by atoms with Crippen LogP contribution in [-0.4, -0.2) is 22.1 Å². The summed E-state index contributed by atoms with van der Waals surface area (Å²) in [5.41, 5.74) is 1.59. The van der Waals surface area contributed by atoms with E-state index in [-0.39, 0.29) is 0 Å². The number of aromatic nitrogens is 1. The normalized spacial score (nSPS) is 12.1. The minimum Gasteiger partial charge on any atom is -0.480 e. The van der Waals surface area contributed by atoms with Crippen LogP contribution in [-0.2, 0) is 4.79 Å². The minimum absolute atomic E-state index is 0.544. The summed E-state index contributed by atoms with van der Waals surface area (Å²) in [6.07, 6.45) is 2.23. The Morgan fingerprint density at radius 1 is 1.71 bits per heavy atom. The molecule has 2 N–H and O–H groups in total. The van der Waals surface area contributed by atoms with Crippen molar-refractivity contribution in [3.05, 3.63) is 24.0 Å². The predicted molar refractivity (Wildman–Crippen MR) is 54.3 cm³/mol. The first-order valence-corrected chi connectivity index (χ1v) is 4.56. The molecular weight excluding hydrogens is 180 g/mol. The molecule has 1 aromatic rings. The van der Waals surface area contributed by atoms with E-state index in [4.69, 9.17) is 5.11 Å². The van der Waals surface area contributed by atoms with E-state index in [2.05, 4.69) is 10.3 Å². The van der Waals surface area contributed by atoms with Crippen molar-refractivity contribution in [3.8, 4) is 0 Å². The number of carboxylic acids is 1. The number of carboxylic acid groups (broad SMARTS) is 1. The fraction of sp³-hybridized carbons (Fsp3) is 0.400. The maximum atomic E-state index is 10.8. The van der Waals surface area contributed by atoms with Gasteiger partial charge in [-0.3, -0.25) is 4.98 Å². The highest BCUT2D eigenvalue weighted by atomic mass is 16.4. The van der Waals surface area contributed by atoms with Gasteiger partial charge in [0.1, 0.15) is 6.04 Å². The molecule has 1 rings (SSSR count). The molecule has 0 aliphatic rings. The molecule has 0 radical (unpaired) electrons. The van der Waals surface area contributed by atoms with E-state index in [0.29, 0.717) is 6.42 Å². The zero-order valence-electron chi connectivity index (χ0n) is 8.32. The van der Waals surface area contributed by atoms with Crippen LogP contribution in [0.15, 0.2) is 18.3 Å². The Hall–Kier alpha value is -1.58. The van der Waals surface area contributed by atoms with Crippen molar-refractivity contribution in [3.63, 3.8) is 0 Å². The van der Waals surface area contributed by atoms with E-state index >= 15 is 0 Å². The molecule has 1 heterocycles. The summed E-state index contributed by atoms with van der Waals surface area (Å²) in [7, 11) is 0. The summed E-state index contributed by atoms with van der Waals surface area (Å²) in [5, 5.41) is 11.8. The van der Waals surface area contributed by atoms with Gasteiger partial charge in [-0.15, -0.1) is 0 Å². The quantitative estimate of drug-likeness (QED) is 0.765. The average Bonchev–Trinajstić information content (AvgIpc) is 2.16. The molecular formula is C10H14N2O2. The lowest BCUT2D eigenvalue weighted by Gasteiger charge is -2.14. The van der Waals surface area contributed by atoms with Gasteiger partial charge in [0.2, 0.25) is 0 Å². The summed E-state index contributed by atoms with van der Waals surface area (Å²) in [6, 6.07) is 3.07. The maximum absolute atomic E-state index is 10.8. The molecule has 0 aliphatic heterocycles. The molecule has 0 saturated carbocycles. The molecule has 4 heteroatoms. The highest BCUT2D eigenvalue weighted by Gasteiger charge is 2.14. The van der Waals surface area contributed by atoms with Gasteiger partial charge < -0.3 is 10.4 Å². The van der Waals surface area contributed by atoms with Gasteiger partial charge in [0.25, 0.3) is 0 Å². The molecule has 76 valence electrons. The summed E-state index contributed by atoms with van der Waals surface area (Å²) in [6.45, 7) is 3.67. The number of rotatable bonds is 4. The molecule has 0 aromatic carbocycles. The van der Waals surface area contributed by atoms with Gasteiger partial charge >= 0.3 is 5.97 Å². The Kier molecular flexibility index (Phi) is 3.45. The lowest BCUT2D eigenvalue weighted by molar-refractivity contribution is -0.137. The van der Waals surface area contributed by atoms with E-state index in [1.165, 1.54) is 0 Å². The molecule has 1 unspecified atom stereocenters. The van der Waals surface area contributed by atoms with Gasteiger partial charge in [0.05, 0.1) is 11.4 Å². The molecule has 0 fully saturated rings. The number of hydrogen-bond acceptors (Lipinski definition) is 3. The molecule has 1 aromatic heterocycles. The Morgan fingerprint density at radius 2 is 2.43 bits per heavy atom. The van der Waals surface area contributed by atoms with Crippen LogP contribution in [0.2, 0.25) is 0 Å². The first-order valence-electron chi connectivity index (χ1n) is 4.56. The second-order valence-corrected chi connectivity index (χ2v) is 3.08. The summed E-state index contributed by atoms with van der Waals surface area (Å²) in [5.74, 6) is -0.837. The van der Waals surface area contributed by atoms with E-state index in [9.17, 15) is 4.79 Å². The van der Waals surface area contributed by atoms with Gasteiger partial charge in [-0.25, -0.2) is 4.79 Å². The highest BCUT2D eigenvalue weighted by Crippen LogP contribution is 2.12. The first-order chi connectivity index (χ1) is 6.65. The number of aryl methyl sites for hydroxylation is 1. The standard InChI is InChI=1S/C10H14N2O2/c1-3-8(10(13)14)12-9-5-4-6-11-7(9)2/h4-6,8,12H,3H2,1-2H3,(H,13,14). The second kappa shape index (κ2) is 4.60. The lowest BCUT2D eigenvalue weighted by atomic mass is 10.2. The third-order valence-corrected chi connectivity index (χ3v) is 2.04. The number of hydrogen-bond donors (Lipinski definition) is 2. The molecule has 0 bridgehead atoms. The van der Waals surface area contributed by atoms with Crippen LogP contribution < -0.4 is 5.32 Å². The molecule has 1 atom stereocenters. The Bertz CT molecular complexity index is 326. The largest absolute Gasteiger partial charge is 0.480 e. The lowest BCUT2D eigenvalue weighted by Crippen LogP contribution is -2.28. The highest BCUT2D eigenvalue weighted by molar-refractivity contribution is 5.77. The van der Waals surface area contributed by atoms with Crippen molar-refractivity contribution in [1.29, 1.82) is 0 Å². The maximum Gasteiger partial charge on any atom is 0.326 e. The third kappa shape index (κ3) is 2.45. The number of nitrogens with one attached hydrogen (secondary N) is 1. The van der Waals surface area contributed by atoms with Crippen LogP contribution in [0.4, 0.5) is 5.69 Å². The summed E-state index contributed by atoms with van der Waals surface area (Å²) in [4.78, 5) is 14.8. The van der Waals surface area contributed by atoms with E-state index in [1.54, 1.807) is 12.3 Å². The van der Waals surface area contributed by atoms with Crippen molar-refractivity contribution >= 4 is 11.7 Å². The minimum atomic E-state index is -0.837. The van der Waals surface area contributed by atoms with Crippen LogP contribution >= 0.6 is 0 Å². The van der Waals surface area contributed by atoms with E-state index < -0.39 is 12.0 Å². The van der Waals surface area contributed by atoms with Gasteiger partial charge in [0, 0.05) is 6.20 Å². The SMILES string of the molecule is CCC(Nc1cccnc1C)C(=O)O. The van der Waals surface area contributed by atoms with Crippen LogP contribution in [0.1, 0.15) is 19.0 Å². The van der Waals surface area contributed by atoms with Crippen molar-refractivity contribution in [2.75, 3.05) is 5.32 Å². The number of pyridine rings is 1. The zero-order valence-corrected chi connectivity index (χ0v) is 8.32. The predicted octanol–water partition coefficient (Wildman–Crippen LogP) is 1.67. The van der Waals surface area contributed by atoms with Crippen LogP contribution in [0, 0.1) is 6.92 Å².